The molecule has 0 bridgehead atoms. The number of ether oxygens (including phenoxy) is 2. The summed E-state index contributed by atoms with van der Waals surface area (Å²) in [6, 6.07) is 12.6. The molecule has 6 nitrogen and oxygen atoms in total. The van der Waals surface area contributed by atoms with Gasteiger partial charge in [0.2, 0.25) is 11.8 Å². The van der Waals surface area contributed by atoms with Gasteiger partial charge in [-0.1, -0.05) is 28.1 Å². The van der Waals surface area contributed by atoms with Crippen LogP contribution < -0.4 is 20.1 Å². The highest BCUT2D eigenvalue weighted by Gasteiger charge is 2.44. The third-order valence-electron chi connectivity index (χ3n) is 5.22. The number of anilines is 1. The first-order valence-corrected chi connectivity index (χ1v) is 10.6. The standard InChI is InChI=1S/C22H23BrN2O4/c1-14(26)24-18(15-4-6-16(23)7-5-15)13-21(27)25-17-8-9-19-20(12-17)29-22(28-19)10-2-3-11-22/h4-9,12,18H,2-3,10-11,13H2,1H3,(H,24,26)(H,25,27). The summed E-state index contributed by atoms with van der Waals surface area (Å²) in [6.45, 7) is 1.44. The van der Waals surface area contributed by atoms with E-state index in [4.69, 9.17) is 9.47 Å². The topological polar surface area (TPSA) is 76.7 Å². The number of nitrogens with one attached hydrogen (secondary N) is 2. The van der Waals surface area contributed by atoms with Gasteiger partial charge in [-0.15, -0.1) is 0 Å². The van der Waals surface area contributed by atoms with Crippen LogP contribution >= 0.6 is 15.9 Å². The summed E-state index contributed by atoms with van der Waals surface area (Å²) in [4.78, 5) is 24.3. The van der Waals surface area contributed by atoms with Crippen molar-refractivity contribution in [3.63, 3.8) is 0 Å². The van der Waals surface area contributed by atoms with E-state index in [2.05, 4.69) is 26.6 Å². The Balaban J connectivity index is 1.43. The zero-order valence-corrected chi connectivity index (χ0v) is 17.8. The van der Waals surface area contributed by atoms with E-state index in [0.29, 0.717) is 11.4 Å². The quantitative estimate of drug-likeness (QED) is 0.680. The highest BCUT2D eigenvalue weighted by molar-refractivity contribution is 9.10. The van der Waals surface area contributed by atoms with Gasteiger partial charge in [-0.3, -0.25) is 9.59 Å². The number of hydrogen-bond acceptors (Lipinski definition) is 4. The SMILES string of the molecule is CC(=O)NC(CC(=O)Nc1ccc2c(c1)OC1(CCCC1)O2)c1ccc(Br)cc1. The molecule has 1 aliphatic heterocycles. The monoisotopic (exact) mass is 458 g/mol. The Kier molecular flexibility index (Phi) is 5.50. The van der Waals surface area contributed by atoms with Gasteiger partial charge in [-0.25, -0.2) is 0 Å². The second-order valence-electron chi connectivity index (χ2n) is 7.54. The zero-order chi connectivity index (χ0) is 20.4. The molecule has 2 N–H and O–H groups in total. The third kappa shape index (κ3) is 4.56. The molecule has 1 fully saturated rings. The molecule has 1 aliphatic carbocycles. The first kappa shape index (κ1) is 19.8. The smallest absolute Gasteiger partial charge is 0.251 e. The van der Waals surface area contributed by atoms with Gasteiger partial charge < -0.3 is 20.1 Å². The zero-order valence-electron chi connectivity index (χ0n) is 16.2. The van der Waals surface area contributed by atoms with Gasteiger partial charge in [0.15, 0.2) is 11.5 Å². The predicted octanol–water partition coefficient (Wildman–Crippen LogP) is 4.70. The van der Waals surface area contributed by atoms with Crippen LogP contribution in [-0.2, 0) is 9.59 Å². The first-order chi connectivity index (χ1) is 13.9. The lowest BCUT2D eigenvalue weighted by Crippen LogP contribution is -2.34. The summed E-state index contributed by atoms with van der Waals surface area (Å²) in [5, 5.41) is 5.75. The molecule has 1 saturated carbocycles. The van der Waals surface area contributed by atoms with Crippen molar-refractivity contribution >= 4 is 33.4 Å². The number of carbonyl (C=O) groups excluding carboxylic acids is 2. The molecule has 2 aliphatic rings. The van der Waals surface area contributed by atoms with Crippen molar-refractivity contribution in [1.82, 2.24) is 5.32 Å². The molecule has 1 atom stereocenters. The van der Waals surface area contributed by atoms with Gasteiger partial charge in [0.1, 0.15) is 0 Å². The molecule has 2 amide bonds. The Bertz CT molecular complexity index is 923. The van der Waals surface area contributed by atoms with E-state index in [9.17, 15) is 9.59 Å². The summed E-state index contributed by atoms with van der Waals surface area (Å²) in [6.07, 6.45) is 4.08. The second kappa shape index (κ2) is 8.06. The van der Waals surface area contributed by atoms with Crippen LogP contribution in [0.3, 0.4) is 0 Å². The van der Waals surface area contributed by atoms with Crippen molar-refractivity contribution in [2.45, 2.75) is 50.9 Å². The molecule has 7 heteroatoms. The van der Waals surface area contributed by atoms with Crippen molar-refractivity contribution < 1.29 is 19.1 Å². The van der Waals surface area contributed by atoms with E-state index in [-0.39, 0.29) is 18.2 Å². The van der Waals surface area contributed by atoms with Gasteiger partial charge in [0.25, 0.3) is 5.79 Å². The van der Waals surface area contributed by atoms with Crippen molar-refractivity contribution in [3.8, 4) is 11.5 Å². The lowest BCUT2D eigenvalue weighted by atomic mass is 10.0. The summed E-state index contributed by atoms with van der Waals surface area (Å²) in [5.74, 6) is 0.479. The van der Waals surface area contributed by atoms with Gasteiger partial charge in [0, 0.05) is 36.0 Å². The number of hydrogen-bond donors (Lipinski definition) is 2. The van der Waals surface area contributed by atoms with E-state index >= 15 is 0 Å². The summed E-state index contributed by atoms with van der Waals surface area (Å²) in [7, 11) is 0. The van der Waals surface area contributed by atoms with Crippen LogP contribution in [0.1, 0.15) is 50.6 Å². The van der Waals surface area contributed by atoms with Crippen molar-refractivity contribution in [2.75, 3.05) is 5.32 Å². The number of fused-ring (bicyclic) bond motifs is 1. The Hall–Kier alpha value is -2.54. The van der Waals surface area contributed by atoms with Crippen molar-refractivity contribution in [3.05, 3.63) is 52.5 Å². The van der Waals surface area contributed by atoms with Crippen LogP contribution in [0.5, 0.6) is 11.5 Å². The highest BCUT2D eigenvalue weighted by Crippen LogP contribution is 2.47. The molecule has 1 heterocycles. The number of halogens is 1. The minimum atomic E-state index is -0.525. The normalized spacial score (nSPS) is 17.2. The molecule has 4 rings (SSSR count). The number of amides is 2. The molecular weight excluding hydrogens is 436 g/mol. The van der Waals surface area contributed by atoms with Gasteiger partial charge in [-0.2, -0.15) is 0 Å². The molecule has 2 aromatic carbocycles. The molecule has 1 unspecified atom stereocenters. The lowest BCUT2D eigenvalue weighted by Gasteiger charge is -2.21. The predicted molar refractivity (Wildman–Crippen MR) is 113 cm³/mol. The average molecular weight is 459 g/mol. The Morgan fingerprint density at radius 1 is 1.07 bits per heavy atom. The van der Waals surface area contributed by atoms with Gasteiger partial charge in [0.05, 0.1) is 12.5 Å². The van der Waals surface area contributed by atoms with E-state index in [1.165, 1.54) is 6.92 Å². The average Bonchev–Trinajstić information content (AvgIpc) is 3.27. The fourth-order valence-electron chi connectivity index (χ4n) is 3.88. The van der Waals surface area contributed by atoms with Crippen LogP contribution in [-0.4, -0.2) is 17.6 Å². The molecule has 0 saturated heterocycles. The van der Waals surface area contributed by atoms with E-state index < -0.39 is 11.8 Å². The minimum absolute atomic E-state index is 0.125. The fourth-order valence-corrected chi connectivity index (χ4v) is 4.14. The third-order valence-corrected chi connectivity index (χ3v) is 5.75. The van der Waals surface area contributed by atoms with Crippen molar-refractivity contribution in [1.29, 1.82) is 0 Å². The molecular formula is C22H23BrN2O4. The Labute approximate surface area is 178 Å². The van der Waals surface area contributed by atoms with E-state index in [0.717, 1.165) is 41.5 Å². The fraction of sp³-hybridized carbons (Fsp3) is 0.364. The number of rotatable bonds is 5. The molecule has 1 spiro atoms. The Morgan fingerprint density at radius 2 is 1.76 bits per heavy atom. The maximum atomic E-state index is 12.7. The molecule has 0 radical (unpaired) electrons. The summed E-state index contributed by atoms with van der Waals surface area (Å²) >= 11 is 3.40. The van der Waals surface area contributed by atoms with Crippen LogP contribution in [0.2, 0.25) is 0 Å². The van der Waals surface area contributed by atoms with Crippen molar-refractivity contribution in [2.24, 2.45) is 0 Å². The van der Waals surface area contributed by atoms with Gasteiger partial charge >= 0.3 is 0 Å². The van der Waals surface area contributed by atoms with Crippen LogP contribution in [0.15, 0.2) is 46.9 Å². The molecule has 0 aromatic heterocycles. The molecule has 152 valence electrons. The first-order valence-electron chi connectivity index (χ1n) is 9.77. The largest absolute Gasteiger partial charge is 0.448 e. The number of carbonyl (C=O) groups is 2. The van der Waals surface area contributed by atoms with Crippen LogP contribution in [0.4, 0.5) is 5.69 Å². The van der Waals surface area contributed by atoms with Gasteiger partial charge in [-0.05, 0) is 42.7 Å². The van der Waals surface area contributed by atoms with E-state index in [1.807, 2.05) is 30.3 Å². The molecule has 29 heavy (non-hydrogen) atoms. The summed E-state index contributed by atoms with van der Waals surface area (Å²) in [5.41, 5.74) is 1.51. The molecule has 2 aromatic rings. The maximum absolute atomic E-state index is 12.7. The number of benzene rings is 2. The van der Waals surface area contributed by atoms with Crippen LogP contribution in [0, 0.1) is 0 Å². The Morgan fingerprint density at radius 3 is 2.45 bits per heavy atom. The maximum Gasteiger partial charge on any atom is 0.251 e. The lowest BCUT2D eigenvalue weighted by molar-refractivity contribution is -0.120. The van der Waals surface area contributed by atoms with Crippen LogP contribution in [0.25, 0.3) is 0 Å². The summed E-state index contributed by atoms with van der Waals surface area (Å²) < 4.78 is 13.0. The minimum Gasteiger partial charge on any atom is -0.448 e. The second-order valence-corrected chi connectivity index (χ2v) is 8.46. The highest BCUT2D eigenvalue weighted by atomic mass is 79.9. The van der Waals surface area contributed by atoms with E-state index in [1.54, 1.807) is 12.1 Å².